The van der Waals surface area contributed by atoms with Crippen LogP contribution >= 0.6 is 23.7 Å². The van der Waals surface area contributed by atoms with Gasteiger partial charge in [0.05, 0.1) is 15.1 Å². The Morgan fingerprint density at radius 2 is 1.73 bits per heavy atom. The summed E-state index contributed by atoms with van der Waals surface area (Å²) in [6, 6.07) is 12.2. The molecule has 0 saturated heterocycles. The first-order valence-corrected chi connectivity index (χ1v) is 11.7. The van der Waals surface area contributed by atoms with Crippen LogP contribution in [0.2, 0.25) is 0 Å². The number of nitrogens with zero attached hydrogens (tertiary/aromatic N) is 3. The Balaban J connectivity index is 0.00000320. The number of hydrogen-bond donors (Lipinski definition) is 0. The Kier molecular flexibility index (Phi) is 7.99. The number of rotatable bonds is 7. The third-order valence-electron chi connectivity index (χ3n) is 4.54. The molecule has 1 heterocycles. The van der Waals surface area contributed by atoms with Gasteiger partial charge in [-0.3, -0.25) is 9.69 Å². The predicted octanol–water partition coefficient (Wildman–Crippen LogP) is 3.70. The summed E-state index contributed by atoms with van der Waals surface area (Å²) in [6.07, 6.45) is 0. The highest BCUT2D eigenvalue weighted by atomic mass is 35.5. The van der Waals surface area contributed by atoms with Crippen molar-refractivity contribution in [2.45, 2.75) is 18.7 Å². The maximum Gasteiger partial charge on any atom is 0.244 e. The molecule has 0 radical (unpaired) electrons. The van der Waals surface area contributed by atoms with Crippen molar-refractivity contribution >= 4 is 54.8 Å². The van der Waals surface area contributed by atoms with E-state index in [1.54, 1.807) is 18.2 Å². The molecule has 30 heavy (non-hydrogen) atoms. The van der Waals surface area contributed by atoms with Crippen LogP contribution in [0.4, 0.5) is 5.13 Å². The van der Waals surface area contributed by atoms with Crippen LogP contribution < -0.4 is 4.90 Å². The first kappa shape index (κ1) is 24.3. The van der Waals surface area contributed by atoms with Crippen LogP contribution in [0.3, 0.4) is 0 Å². The van der Waals surface area contributed by atoms with Gasteiger partial charge in [-0.25, -0.2) is 13.4 Å². The third kappa shape index (κ3) is 5.57. The number of thiazole rings is 1. The smallest absolute Gasteiger partial charge is 0.244 e. The van der Waals surface area contributed by atoms with Gasteiger partial charge in [-0.05, 0) is 57.3 Å². The fourth-order valence-corrected chi connectivity index (χ4v) is 5.46. The topological polar surface area (TPSA) is 70.6 Å². The van der Waals surface area contributed by atoms with Crippen LogP contribution in [0.25, 0.3) is 10.2 Å². The lowest BCUT2D eigenvalue weighted by Gasteiger charge is -2.22. The zero-order valence-electron chi connectivity index (χ0n) is 17.5. The average molecular weight is 468 g/mol. The van der Waals surface area contributed by atoms with E-state index in [0.717, 1.165) is 21.3 Å². The number of amides is 1. The van der Waals surface area contributed by atoms with Gasteiger partial charge >= 0.3 is 0 Å². The molecule has 0 fully saturated rings. The molecule has 0 spiro atoms. The Hall–Kier alpha value is -2.00. The molecule has 0 bridgehead atoms. The second-order valence-corrected chi connectivity index (χ2v) is 10.3. The number of benzene rings is 2. The van der Waals surface area contributed by atoms with Crippen molar-refractivity contribution in [2.24, 2.45) is 0 Å². The largest absolute Gasteiger partial charge is 0.308 e. The molecule has 3 aromatic rings. The summed E-state index contributed by atoms with van der Waals surface area (Å²) in [4.78, 5) is 21.3. The molecular weight excluding hydrogens is 442 g/mol. The number of aromatic nitrogens is 1. The summed E-state index contributed by atoms with van der Waals surface area (Å²) in [7, 11) is 0.0999. The van der Waals surface area contributed by atoms with Gasteiger partial charge in [0.25, 0.3) is 0 Å². The van der Waals surface area contributed by atoms with Gasteiger partial charge in [-0.2, -0.15) is 0 Å². The van der Waals surface area contributed by atoms with Gasteiger partial charge in [0.2, 0.25) is 5.91 Å². The Morgan fingerprint density at radius 3 is 2.37 bits per heavy atom. The third-order valence-corrected chi connectivity index (χ3v) is 7.18. The molecule has 1 amide bonds. The van der Waals surface area contributed by atoms with Crippen molar-refractivity contribution < 1.29 is 13.2 Å². The lowest BCUT2D eigenvalue weighted by Crippen LogP contribution is -2.40. The molecule has 162 valence electrons. The molecule has 1 aromatic heterocycles. The Bertz CT molecular complexity index is 1130. The van der Waals surface area contributed by atoms with Crippen molar-refractivity contribution in [3.05, 3.63) is 53.6 Å². The van der Waals surface area contributed by atoms with Crippen LogP contribution in [0.15, 0.2) is 47.4 Å². The summed E-state index contributed by atoms with van der Waals surface area (Å²) in [5, 5.41) is 0.531. The number of hydrogen-bond acceptors (Lipinski definition) is 6. The minimum atomic E-state index is -3.72. The molecule has 0 aliphatic heterocycles. The van der Waals surface area contributed by atoms with Gasteiger partial charge < -0.3 is 4.90 Å². The number of fused-ring (bicyclic) bond motifs is 1. The van der Waals surface area contributed by atoms with E-state index in [1.165, 1.54) is 28.4 Å². The first-order chi connectivity index (χ1) is 13.7. The van der Waals surface area contributed by atoms with Gasteiger partial charge in [0, 0.05) is 13.1 Å². The molecule has 2 aromatic carbocycles. The van der Waals surface area contributed by atoms with E-state index < -0.39 is 21.5 Å². The molecule has 6 nitrogen and oxygen atoms in total. The summed E-state index contributed by atoms with van der Waals surface area (Å²) in [5.74, 6) is -1.05. The van der Waals surface area contributed by atoms with Crippen molar-refractivity contribution in [2.75, 3.05) is 37.8 Å². The molecule has 3 rings (SSSR count). The van der Waals surface area contributed by atoms with Crippen molar-refractivity contribution in [1.82, 2.24) is 9.88 Å². The molecule has 0 aliphatic rings. The van der Waals surface area contributed by atoms with E-state index in [4.69, 9.17) is 0 Å². The molecule has 0 saturated carbocycles. The van der Waals surface area contributed by atoms with E-state index in [2.05, 4.69) is 11.1 Å². The van der Waals surface area contributed by atoms with Crippen LogP contribution in [-0.4, -0.2) is 57.1 Å². The highest BCUT2D eigenvalue weighted by molar-refractivity contribution is 7.92. The van der Waals surface area contributed by atoms with E-state index in [9.17, 15) is 13.2 Å². The molecule has 0 N–H and O–H groups in total. The zero-order chi connectivity index (χ0) is 21.2. The van der Waals surface area contributed by atoms with Crippen molar-refractivity contribution in [1.29, 1.82) is 0 Å². The minimum absolute atomic E-state index is 0. The fraction of sp³-hybridized carbons (Fsp3) is 0.333. The van der Waals surface area contributed by atoms with Crippen LogP contribution in [-0.2, 0) is 14.6 Å². The number of anilines is 1. The van der Waals surface area contributed by atoms with E-state index in [1.807, 2.05) is 38.9 Å². The fourth-order valence-electron chi connectivity index (χ4n) is 3.05. The number of likely N-dealkylation sites (N-methyl/N-ethyl adjacent to an activating group) is 1. The van der Waals surface area contributed by atoms with Gasteiger partial charge in [0.1, 0.15) is 5.75 Å². The summed E-state index contributed by atoms with van der Waals surface area (Å²) in [6.45, 7) is 4.98. The second-order valence-electron chi connectivity index (χ2n) is 7.35. The van der Waals surface area contributed by atoms with Crippen LogP contribution in [0.5, 0.6) is 0 Å². The van der Waals surface area contributed by atoms with Gasteiger partial charge in [-0.15, -0.1) is 12.4 Å². The summed E-state index contributed by atoms with van der Waals surface area (Å²) < 4.78 is 26.4. The first-order valence-electron chi connectivity index (χ1n) is 9.28. The van der Waals surface area contributed by atoms with E-state index in [-0.39, 0.29) is 17.3 Å². The van der Waals surface area contributed by atoms with E-state index >= 15 is 0 Å². The standard InChI is InChI=1S/C21H25N3O3S2.ClH/c1-15-12-16(2)20-18(13-15)28-21(22-20)24(11-10-23(3)4)19(25)14-29(26,27)17-8-6-5-7-9-17;/h5-9,12-13H,10-11,14H2,1-4H3;1H. The molecule has 0 unspecified atom stereocenters. The lowest BCUT2D eigenvalue weighted by atomic mass is 10.1. The molecular formula is C21H26ClN3O3S2. The maximum absolute atomic E-state index is 13.1. The predicted molar refractivity (Wildman–Crippen MR) is 126 cm³/mol. The second kappa shape index (κ2) is 9.87. The Labute approximate surface area is 187 Å². The number of sulfone groups is 1. The van der Waals surface area contributed by atoms with Crippen LogP contribution in [0, 0.1) is 13.8 Å². The minimum Gasteiger partial charge on any atom is -0.308 e. The molecule has 0 atom stereocenters. The van der Waals surface area contributed by atoms with Crippen LogP contribution in [0.1, 0.15) is 11.1 Å². The van der Waals surface area contributed by atoms with E-state index in [0.29, 0.717) is 18.2 Å². The molecule has 0 aliphatic carbocycles. The van der Waals surface area contributed by atoms with Gasteiger partial charge in [-0.1, -0.05) is 35.6 Å². The highest BCUT2D eigenvalue weighted by Crippen LogP contribution is 2.32. The summed E-state index contributed by atoms with van der Waals surface area (Å²) >= 11 is 1.42. The quantitative estimate of drug-likeness (QED) is 0.529. The Morgan fingerprint density at radius 1 is 1.07 bits per heavy atom. The normalized spacial score (nSPS) is 11.5. The highest BCUT2D eigenvalue weighted by Gasteiger charge is 2.26. The maximum atomic E-state index is 13.1. The monoisotopic (exact) mass is 467 g/mol. The number of carbonyl (C=O) groups is 1. The average Bonchev–Trinajstić information content (AvgIpc) is 3.06. The molecule has 9 heteroatoms. The number of aryl methyl sites for hydroxylation is 2. The zero-order valence-corrected chi connectivity index (χ0v) is 19.9. The lowest BCUT2D eigenvalue weighted by molar-refractivity contribution is -0.116. The van der Waals surface area contributed by atoms with Crippen molar-refractivity contribution in [3.63, 3.8) is 0 Å². The van der Waals surface area contributed by atoms with Gasteiger partial charge in [0.15, 0.2) is 15.0 Å². The van der Waals surface area contributed by atoms with Crippen molar-refractivity contribution in [3.8, 4) is 0 Å². The SMILES string of the molecule is Cc1cc(C)c2nc(N(CCN(C)C)C(=O)CS(=O)(=O)c3ccccc3)sc2c1.Cl. The number of halogens is 1. The number of carbonyl (C=O) groups excluding carboxylic acids is 1. The summed E-state index contributed by atoms with van der Waals surface area (Å²) in [5.41, 5.74) is 3.02.